The van der Waals surface area contributed by atoms with Crippen molar-refractivity contribution in [3.63, 3.8) is 0 Å². The van der Waals surface area contributed by atoms with Crippen LogP contribution in [0.4, 0.5) is 0 Å². The highest BCUT2D eigenvalue weighted by Gasteiger charge is 2.35. The predicted molar refractivity (Wildman–Crippen MR) is 63.8 cm³/mol. The van der Waals surface area contributed by atoms with Crippen LogP contribution in [0.3, 0.4) is 0 Å². The van der Waals surface area contributed by atoms with Crippen molar-refractivity contribution in [1.29, 1.82) is 0 Å². The molecule has 0 aromatic rings. The summed E-state index contributed by atoms with van der Waals surface area (Å²) in [4.78, 5) is 0. The van der Waals surface area contributed by atoms with E-state index in [1.165, 1.54) is 18.3 Å². The van der Waals surface area contributed by atoms with Gasteiger partial charge in [0.25, 0.3) is 0 Å². The highest BCUT2D eigenvalue weighted by Crippen LogP contribution is 2.26. The Morgan fingerprint density at radius 2 is 1.93 bits per heavy atom. The molecule has 0 saturated heterocycles. The van der Waals surface area contributed by atoms with Crippen LogP contribution in [0, 0.1) is 0 Å². The number of hydrogen-bond acceptors (Lipinski definition) is 2. The second-order valence-corrected chi connectivity index (χ2v) is 5.33. The molecule has 2 nitrogen and oxygen atoms in total. The van der Waals surface area contributed by atoms with E-state index >= 15 is 0 Å². The number of rotatable bonds is 4. The van der Waals surface area contributed by atoms with Crippen molar-refractivity contribution in [2.45, 2.75) is 64.6 Å². The maximum atomic E-state index is 9.91. The van der Waals surface area contributed by atoms with Gasteiger partial charge in [0.15, 0.2) is 0 Å². The third-order valence-corrected chi connectivity index (χ3v) is 3.30. The summed E-state index contributed by atoms with van der Waals surface area (Å²) in [6, 6.07) is 0. The molecular weight excluding hydrogens is 187 g/mol. The maximum absolute atomic E-state index is 9.91. The summed E-state index contributed by atoms with van der Waals surface area (Å²) in [5.41, 5.74) is -0.122. The summed E-state index contributed by atoms with van der Waals surface area (Å²) in [5.74, 6) is 0. The van der Waals surface area contributed by atoms with Gasteiger partial charge in [-0.1, -0.05) is 11.5 Å². The molecule has 0 aromatic heterocycles. The molecule has 0 spiro atoms. The first-order valence-corrected chi connectivity index (χ1v) is 5.75. The largest absolute Gasteiger partial charge is 0.427 e. The van der Waals surface area contributed by atoms with Gasteiger partial charge in [-0.3, -0.25) is 0 Å². The molecule has 0 aliphatic heterocycles. The molecule has 1 N–H and O–H groups in total. The van der Waals surface area contributed by atoms with Crippen LogP contribution in [0.25, 0.3) is 0 Å². The van der Waals surface area contributed by atoms with Gasteiger partial charge in [-0.25, -0.2) is 0 Å². The van der Waals surface area contributed by atoms with E-state index < -0.39 is 11.2 Å². The molecule has 3 heteroatoms. The lowest BCUT2D eigenvalue weighted by Crippen LogP contribution is -2.48. The molecule has 0 heterocycles. The third kappa shape index (κ3) is 3.65. The van der Waals surface area contributed by atoms with Gasteiger partial charge >= 0.3 is 7.48 Å². The average molecular weight is 209 g/mol. The van der Waals surface area contributed by atoms with E-state index in [9.17, 15) is 5.11 Å². The summed E-state index contributed by atoms with van der Waals surface area (Å²) in [6.45, 7) is 7.37. The van der Waals surface area contributed by atoms with Crippen molar-refractivity contribution >= 4 is 7.48 Å². The molecule has 15 heavy (non-hydrogen) atoms. The van der Waals surface area contributed by atoms with Crippen LogP contribution in [0.5, 0.6) is 0 Å². The van der Waals surface area contributed by atoms with Crippen LogP contribution in [-0.4, -0.2) is 23.8 Å². The highest BCUT2D eigenvalue weighted by molar-refractivity contribution is 6.38. The Labute approximate surface area is 94.0 Å². The average Bonchev–Trinajstić information content (AvgIpc) is 2.15. The monoisotopic (exact) mass is 209 g/mol. The normalized spacial score (nSPS) is 18.6. The Hall–Kier alpha value is -0.275. The Morgan fingerprint density at radius 3 is 2.40 bits per heavy atom. The van der Waals surface area contributed by atoms with E-state index in [2.05, 4.69) is 6.08 Å². The summed E-state index contributed by atoms with van der Waals surface area (Å²) in [7, 11) is 1.82. The third-order valence-electron chi connectivity index (χ3n) is 3.30. The van der Waals surface area contributed by atoms with Gasteiger partial charge in [-0.15, -0.1) is 0 Å². The molecule has 1 aliphatic carbocycles. The zero-order chi connectivity index (χ0) is 11.5. The number of hydrogen-bond donors (Lipinski definition) is 1. The topological polar surface area (TPSA) is 29.5 Å². The van der Waals surface area contributed by atoms with Crippen LogP contribution in [0.1, 0.15) is 53.4 Å². The van der Waals surface area contributed by atoms with E-state index in [-0.39, 0.29) is 0 Å². The lowest BCUT2D eigenvalue weighted by atomic mass is 9.77. The second kappa shape index (κ2) is 4.71. The van der Waals surface area contributed by atoms with Crippen molar-refractivity contribution in [1.82, 2.24) is 0 Å². The number of allylic oxidation sites excluding steroid dienone is 2. The van der Waals surface area contributed by atoms with E-state index in [0.29, 0.717) is 0 Å². The fourth-order valence-corrected chi connectivity index (χ4v) is 1.34. The van der Waals surface area contributed by atoms with E-state index in [1.807, 2.05) is 21.3 Å². The molecule has 0 unspecified atom stereocenters. The second-order valence-electron chi connectivity index (χ2n) is 5.33. The van der Waals surface area contributed by atoms with Gasteiger partial charge in [0.2, 0.25) is 0 Å². The Kier molecular flexibility index (Phi) is 4.02. The molecule has 0 bridgehead atoms. The zero-order valence-electron chi connectivity index (χ0n) is 10.3. The summed E-state index contributed by atoms with van der Waals surface area (Å²) in [6.07, 6.45) is 7.00. The Bertz CT molecular complexity index is 238. The maximum Gasteiger partial charge on any atom is 0.326 e. The minimum atomic E-state index is -0.835. The van der Waals surface area contributed by atoms with Crippen molar-refractivity contribution in [2.24, 2.45) is 0 Å². The van der Waals surface area contributed by atoms with Gasteiger partial charge < -0.3 is 9.76 Å². The highest BCUT2D eigenvalue weighted by atomic mass is 16.5. The van der Waals surface area contributed by atoms with E-state index in [1.54, 1.807) is 13.8 Å². The van der Waals surface area contributed by atoms with Gasteiger partial charge in [0, 0.05) is 0 Å². The lowest BCUT2D eigenvalue weighted by Gasteiger charge is -2.38. The summed E-state index contributed by atoms with van der Waals surface area (Å²) >= 11 is 0. The SMILES string of the molecule is CC(C)(O)C(C)(C)O[B]C1=CCCCC1. The quantitative estimate of drug-likeness (QED) is 0.721. The minimum absolute atomic E-state index is 0.550. The minimum Gasteiger partial charge on any atom is -0.427 e. The molecule has 1 radical (unpaired) electrons. The van der Waals surface area contributed by atoms with Crippen LogP contribution < -0.4 is 0 Å². The summed E-state index contributed by atoms with van der Waals surface area (Å²) < 4.78 is 5.69. The van der Waals surface area contributed by atoms with Crippen LogP contribution in [0.15, 0.2) is 11.5 Å². The fourth-order valence-electron chi connectivity index (χ4n) is 1.34. The number of aliphatic hydroxyl groups is 1. The Balaban J connectivity index is 2.45. The van der Waals surface area contributed by atoms with Crippen LogP contribution in [-0.2, 0) is 4.65 Å². The molecule has 1 rings (SSSR count). The van der Waals surface area contributed by atoms with Crippen molar-refractivity contribution in [3.05, 3.63) is 11.5 Å². The fraction of sp³-hybridized carbons (Fsp3) is 0.833. The predicted octanol–water partition coefficient (Wildman–Crippen LogP) is 2.63. The first-order chi connectivity index (χ1) is 6.83. The van der Waals surface area contributed by atoms with Gasteiger partial charge in [0.1, 0.15) is 0 Å². The van der Waals surface area contributed by atoms with Crippen molar-refractivity contribution < 1.29 is 9.76 Å². The molecule has 0 fully saturated rings. The molecule has 1 aliphatic rings. The van der Waals surface area contributed by atoms with Gasteiger partial charge in [-0.05, 0) is 53.4 Å². The first kappa shape index (κ1) is 12.8. The molecule has 0 aromatic carbocycles. The molecule has 0 atom stereocenters. The van der Waals surface area contributed by atoms with E-state index in [4.69, 9.17) is 4.65 Å². The van der Waals surface area contributed by atoms with Gasteiger partial charge in [-0.2, -0.15) is 0 Å². The van der Waals surface area contributed by atoms with Crippen LogP contribution in [0.2, 0.25) is 0 Å². The van der Waals surface area contributed by atoms with Gasteiger partial charge in [0.05, 0.1) is 11.2 Å². The van der Waals surface area contributed by atoms with Crippen molar-refractivity contribution in [3.8, 4) is 0 Å². The molecule has 0 amide bonds. The smallest absolute Gasteiger partial charge is 0.326 e. The first-order valence-electron chi connectivity index (χ1n) is 5.75. The summed E-state index contributed by atoms with van der Waals surface area (Å²) in [5, 5.41) is 9.91. The lowest BCUT2D eigenvalue weighted by molar-refractivity contribution is -0.0897. The molecule has 85 valence electrons. The van der Waals surface area contributed by atoms with Crippen molar-refractivity contribution in [2.75, 3.05) is 0 Å². The standard InChI is InChI=1S/C12H22BO2/c1-11(2,14)12(3,4)15-13-10-8-6-5-7-9-10/h8,14H,5-7,9H2,1-4H3. The van der Waals surface area contributed by atoms with Crippen LogP contribution >= 0.6 is 0 Å². The molecule has 0 saturated carbocycles. The Morgan fingerprint density at radius 1 is 1.27 bits per heavy atom. The molecular formula is C12H22BO2. The zero-order valence-corrected chi connectivity index (χ0v) is 10.3. The van der Waals surface area contributed by atoms with E-state index in [0.717, 1.165) is 12.8 Å².